The molecule has 0 aromatic heterocycles. The molecular weight excluding hydrogens is 668 g/mol. The van der Waals surface area contributed by atoms with Crippen molar-refractivity contribution in [2.75, 3.05) is 33.4 Å². The number of rotatable bonds is 11. The van der Waals surface area contributed by atoms with Gasteiger partial charge in [0.1, 0.15) is 36.3 Å². The van der Waals surface area contributed by atoms with Crippen molar-refractivity contribution in [2.24, 2.45) is 0 Å². The molecular formula is C35H35Cl3FN3O5. The summed E-state index contributed by atoms with van der Waals surface area (Å²) in [6.07, 6.45) is 2.27. The number of piperazine rings is 1. The van der Waals surface area contributed by atoms with Crippen LogP contribution in [0.1, 0.15) is 37.3 Å². The van der Waals surface area contributed by atoms with E-state index in [1.807, 2.05) is 24.3 Å². The number of ether oxygens (including phenoxy) is 3. The Balaban J connectivity index is 1.23. The zero-order valence-corrected chi connectivity index (χ0v) is 28.3. The lowest BCUT2D eigenvalue weighted by Crippen LogP contribution is -2.61. The minimum Gasteiger partial charge on any atom is -0.497 e. The molecule has 3 aliphatic rings. The van der Waals surface area contributed by atoms with Crippen LogP contribution in [0.5, 0.6) is 17.2 Å². The van der Waals surface area contributed by atoms with Gasteiger partial charge in [0.2, 0.25) is 5.91 Å². The fourth-order valence-corrected chi connectivity index (χ4v) is 6.78. The summed E-state index contributed by atoms with van der Waals surface area (Å²) < 4.78 is 31.9. The number of carbonyl (C=O) groups excluding carboxylic acids is 2. The Hall–Kier alpha value is -3.50. The number of fused-ring (bicyclic) bond motifs is 2. The zero-order valence-electron chi connectivity index (χ0n) is 26.0. The van der Waals surface area contributed by atoms with Crippen LogP contribution < -0.4 is 19.5 Å². The Morgan fingerprint density at radius 3 is 2.34 bits per heavy atom. The Morgan fingerprint density at radius 1 is 0.936 bits per heavy atom. The summed E-state index contributed by atoms with van der Waals surface area (Å²) in [5, 5.41) is 4.64. The van der Waals surface area contributed by atoms with E-state index in [4.69, 9.17) is 49.0 Å². The first kappa shape index (κ1) is 33.4. The van der Waals surface area contributed by atoms with Gasteiger partial charge < -0.3 is 29.3 Å². The molecule has 1 N–H and O–H groups in total. The number of hydrogen-bond acceptors (Lipinski definition) is 6. The van der Waals surface area contributed by atoms with E-state index in [1.54, 1.807) is 34.9 Å². The summed E-state index contributed by atoms with van der Waals surface area (Å²) in [6.45, 7) is 3.11. The number of halogens is 4. The van der Waals surface area contributed by atoms with E-state index in [0.717, 1.165) is 24.0 Å². The predicted octanol–water partition coefficient (Wildman–Crippen LogP) is 6.79. The molecule has 1 aliphatic carbocycles. The van der Waals surface area contributed by atoms with Gasteiger partial charge >= 0.3 is 0 Å². The van der Waals surface area contributed by atoms with Crippen LogP contribution >= 0.6 is 34.8 Å². The van der Waals surface area contributed by atoms with Crippen molar-refractivity contribution >= 4 is 52.2 Å². The smallest absolute Gasteiger partial charge is 0.252 e. The minimum atomic E-state index is -0.387. The molecule has 1 saturated carbocycles. The second kappa shape index (κ2) is 14.3. The molecule has 2 aliphatic heterocycles. The average molecular weight is 703 g/mol. The molecule has 3 aromatic carbocycles. The Morgan fingerprint density at radius 2 is 1.64 bits per heavy atom. The van der Waals surface area contributed by atoms with Crippen LogP contribution in [-0.2, 0) is 16.1 Å². The molecule has 2 fully saturated rings. The molecule has 0 spiro atoms. The van der Waals surface area contributed by atoms with Crippen LogP contribution in [0, 0.1) is 5.82 Å². The second-order valence-electron chi connectivity index (χ2n) is 12.0. The van der Waals surface area contributed by atoms with E-state index >= 15 is 0 Å². The third-order valence-electron chi connectivity index (χ3n) is 8.71. The lowest BCUT2D eigenvalue weighted by atomic mass is 9.82. The van der Waals surface area contributed by atoms with E-state index in [9.17, 15) is 14.0 Å². The molecule has 2 atom stereocenters. The standard InChI is InChI=1S/C35H35Cl3FN3O5/c1-20(43)41-18-23-14-27(21-3-7-25(8-4-21)46-11-12-47-33-16-29(37)28(36)15-30(33)38)34(32(19-41)40-23)35(44)42(24-5-6-24)17-22-13-26(45-2)9-10-31(22)39/h3-4,7-10,13,15-16,23-24,32,40H,5-6,11-12,14,17-19H2,1-2H3/t23?,32-/m1/s1. The van der Waals surface area contributed by atoms with Gasteiger partial charge in [0.05, 0.1) is 28.2 Å². The second-order valence-corrected chi connectivity index (χ2v) is 13.2. The third-order valence-corrected chi connectivity index (χ3v) is 9.73. The predicted molar refractivity (Wildman–Crippen MR) is 180 cm³/mol. The zero-order chi connectivity index (χ0) is 33.2. The summed E-state index contributed by atoms with van der Waals surface area (Å²) in [7, 11) is 1.53. The minimum absolute atomic E-state index is 0.00401. The highest BCUT2D eigenvalue weighted by molar-refractivity contribution is 6.43. The van der Waals surface area contributed by atoms with Crippen molar-refractivity contribution in [3.05, 3.63) is 92.2 Å². The van der Waals surface area contributed by atoms with Crippen molar-refractivity contribution in [1.82, 2.24) is 15.1 Å². The van der Waals surface area contributed by atoms with Gasteiger partial charge in [0.25, 0.3) is 5.91 Å². The highest BCUT2D eigenvalue weighted by Crippen LogP contribution is 2.38. The highest BCUT2D eigenvalue weighted by Gasteiger charge is 2.43. The van der Waals surface area contributed by atoms with Gasteiger partial charge in [-0.1, -0.05) is 46.9 Å². The van der Waals surface area contributed by atoms with Crippen LogP contribution in [0.3, 0.4) is 0 Å². The maximum atomic E-state index is 14.9. The van der Waals surface area contributed by atoms with E-state index in [-0.39, 0.29) is 55.5 Å². The molecule has 47 heavy (non-hydrogen) atoms. The van der Waals surface area contributed by atoms with Gasteiger partial charge in [-0.05, 0) is 66.8 Å². The van der Waals surface area contributed by atoms with E-state index in [1.165, 1.54) is 19.2 Å². The number of nitrogens with one attached hydrogen (secondary N) is 1. The topological polar surface area (TPSA) is 80.3 Å². The number of benzene rings is 3. The maximum Gasteiger partial charge on any atom is 0.252 e. The van der Waals surface area contributed by atoms with Crippen LogP contribution in [-0.4, -0.2) is 73.2 Å². The highest BCUT2D eigenvalue weighted by atomic mass is 35.5. The third kappa shape index (κ3) is 7.64. The molecule has 3 aromatic rings. The number of methoxy groups -OCH3 is 1. The van der Waals surface area contributed by atoms with E-state index in [0.29, 0.717) is 63.0 Å². The van der Waals surface area contributed by atoms with Gasteiger partial charge in [-0.3, -0.25) is 9.59 Å². The van der Waals surface area contributed by atoms with Gasteiger partial charge in [-0.2, -0.15) is 0 Å². The average Bonchev–Trinajstić information content (AvgIpc) is 3.90. The Bertz CT molecular complexity index is 1700. The van der Waals surface area contributed by atoms with Crippen LogP contribution in [0.4, 0.5) is 4.39 Å². The lowest BCUT2D eigenvalue weighted by Gasteiger charge is -2.44. The fourth-order valence-electron chi connectivity index (χ4n) is 6.19. The molecule has 8 nitrogen and oxygen atoms in total. The summed E-state index contributed by atoms with van der Waals surface area (Å²) in [6, 6.07) is 14.9. The van der Waals surface area contributed by atoms with Crippen molar-refractivity contribution in [2.45, 2.75) is 50.9 Å². The van der Waals surface area contributed by atoms with E-state index in [2.05, 4.69) is 5.32 Å². The maximum absolute atomic E-state index is 14.9. The Labute approximate surface area is 288 Å². The summed E-state index contributed by atoms with van der Waals surface area (Å²) in [4.78, 5) is 30.5. The van der Waals surface area contributed by atoms with Crippen molar-refractivity contribution in [1.29, 1.82) is 0 Å². The van der Waals surface area contributed by atoms with Crippen LogP contribution in [0.25, 0.3) is 5.57 Å². The summed E-state index contributed by atoms with van der Waals surface area (Å²) in [5.74, 6) is 1.02. The molecule has 248 valence electrons. The molecule has 1 saturated heterocycles. The monoisotopic (exact) mass is 701 g/mol. The van der Waals surface area contributed by atoms with Crippen LogP contribution in [0.2, 0.25) is 15.1 Å². The van der Waals surface area contributed by atoms with Crippen molar-refractivity contribution < 1.29 is 28.2 Å². The molecule has 2 heterocycles. The molecule has 1 unspecified atom stereocenters. The molecule has 2 bridgehead atoms. The normalized spacial score (nSPS) is 19.0. The fraction of sp³-hybridized carbons (Fsp3) is 0.371. The molecule has 12 heteroatoms. The lowest BCUT2D eigenvalue weighted by molar-refractivity contribution is -0.132. The molecule has 0 radical (unpaired) electrons. The van der Waals surface area contributed by atoms with Gasteiger partial charge in [0.15, 0.2) is 0 Å². The first-order valence-corrected chi connectivity index (χ1v) is 16.6. The van der Waals surface area contributed by atoms with Crippen molar-refractivity contribution in [3.8, 4) is 17.2 Å². The van der Waals surface area contributed by atoms with Gasteiger partial charge in [-0.15, -0.1) is 0 Å². The van der Waals surface area contributed by atoms with Crippen molar-refractivity contribution in [3.63, 3.8) is 0 Å². The number of amides is 2. The first-order valence-electron chi connectivity index (χ1n) is 15.5. The molecule has 6 rings (SSSR count). The quantitative estimate of drug-likeness (QED) is 0.175. The first-order chi connectivity index (χ1) is 22.6. The van der Waals surface area contributed by atoms with Gasteiger partial charge in [-0.25, -0.2) is 4.39 Å². The summed E-state index contributed by atoms with van der Waals surface area (Å²) in [5.41, 5.74) is 2.83. The van der Waals surface area contributed by atoms with E-state index < -0.39 is 0 Å². The largest absolute Gasteiger partial charge is 0.497 e. The number of nitrogens with zero attached hydrogens (tertiary/aromatic N) is 2. The van der Waals surface area contributed by atoms with Crippen LogP contribution in [0.15, 0.2) is 60.2 Å². The number of hydrogen-bond donors (Lipinski definition) is 1. The molecule has 2 amide bonds. The Kier molecular flexibility index (Phi) is 10.2. The summed E-state index contributed by atoms with van der Waals surface area (Å²) >= 11 is 18.3. The number of carbonyl (C=O) groups is 2. The SMILES string of the molecule is COc1ccc(F)c(CN(C(=O)C2=C(c3ccc(OCCOc4cc(Cl)c(Cl)cc4Cl)cc3)CC3CN(C(C)=O)C[C@H]2N3)C2CC2)c1. The van der Waals surface area contributed by atoms with Gasteiger partial charge in [0, 0.05) is 55.8 Å².